The summed E-state index contributed by atoms with van der Waals surface area (Å²) in [4.78, 5) is 36.3. The van der Waals surface area contributed by atoms with Crippen molar-refractivity contribution in [2.24, 2.45) is 5.92 Å². The second kappa shape index (κ2) is 6.72. The Morgan fingerprint density at radius 1 is 1.36 bits per heavy atom. The molecular formula is C15H21N3O4. The Morgan fingerprint density at radius 3 is 2.77 bits per heavy atom. The second-order valence-electron chi connectivity index (χ2n) is 6.04. The van der Waals surface area contributed by atoms with E-state index in [1.165, 1.54) is 0 Å². The molecule has 0 radical (unpaired) electrons. The largest absolute Gasteiger partial charge is 0.338 e. The van der Waals surface area contributed by atoms with Gasteiger partial charge in [-0.3, -0.25) is 24.3 Å². The molecule has 1 fully saturated rings. The number of hydrogen-bond acceptors (Lipinski definition) is 4. The Kier molecular flexibility index (Phi) is 4.95. The van der Waals surface area contributed by atoms with Gasteiger partial charge in [-0.15, -0.1) is 0 Å². The summed E-state index contributed by atoms with van der Waals surface area (Å²) in [5.74, 6) is 0.263. The smallest absolute Gasteiger partial charge is 0.285 e. The van der Waals surface area contributed by atoms with Gasteiger partial charge < -0.3 is 4.90 Å². The number of hydrogen-bond donors (Lipinski definition) is 0. The van der Waals surface area contributed by atoms with E-state index < -0.39 is 10.5 Å². The van der Waals surface area contributed by atoms with E-state index in [1.807, 2.05) is 6.92 Å². The van der Waals surface area contributed by atoms with Crippen LogP contribution < -0.4 is 5.56 Å². The molecule has 2 rings (SSSR count). The van der Waals surface area contributed by atoms with Crippen molar-refractivity contribution in [2.45, 2.75) is 45.7 Å². The van der Waals surface area contributed by atoms with Crippen molar-refractivity contribution < 1.29 is 9.72 Å². The molecule has 22 heavy (non-hydrogen) atoms. The molecule has 2 atom stereocenters. The summed E-state index contributed by atoms with van der Waals surface area (Å²) in [5, 5.41) is 10.8. The van der Waals surface area contributed by atoms with Gasteiger partial charge in [0.2, 0.25) is 5.91 Å². The third kappa shape index (κ3) is 3.72. The predicted molar refractivity (Wildman–Crippen MR) is 81.5 cm³/mol. The van der Waals surface area contributed by atoms with E-state index in [1.54, 1.807) is 4.90 Å². The summed E-state index contributed by atoms with van der Waals surface area (Å²) in [5.41, 5.74) is -0.598. The Bertz CT molecular complexity index is 625. The Hall–Kier alpha value is -2.18. The highest BCUT2D eigenvalue weighted by atomic mass is 16.6. The number of nitro groups is 1. The molecule has 7 heteroatoms. The molecule has 1 aliphatic heterocycles. The van der Waals surface area contributed by atoms with Crippen LogP contribution in [0, 0.1) is 16.0 Å². The van der Waals surface area contributed by atoms with Crippen LogP contribution in [-0.2, 0) is 11.3 Å². The number of carbonyl (C=O) groups is 1. The molecule has 0 aromatic carbocycles. The van der Waals surface area contributed by atoms with Gasteiger partial charge in [0.05, 0.1) is 11.1 Å². The van der Waals surface area contributed by atoms with Crippen molar-refractivity contribution in [1.29, 1.82) is 0 Å². The normalized spacial score (nSPS) is 22.2. The molecule has 7 nitrogen and oxygen atoms in total. The molecule has 2 heterocycles. The molecule has 1 saturated heterocycles. The fourth-order valence-electron chi connectivity index (χ4n) is 2.86. The van der Waals surface area contributed by atoms with E-state index in [2.05, 4.69) is 6.92 Å². The number of rotatable bonds is 3. The van der Waals surface area contributed by atoms with E-state index in [9.17, 15) is 19.7 Å². The van der Waals surface area contributed by atoms with E-state index in [0.29, 0.717) is 12.5 Å². The van der Waals surface area contributed by atoms with Crippen LogP contribution >= 0.6 is 0 Å². The minimum Gasteiger partial charge on any atom is -0.338 e. The fraction of sp³-hybridized carbons (Fsp3) is 0.600. The van der Waals surface area contributed by atoms with Crippen LogP contribution in [0.2, 0.25) is 0 Å². The lowest BCUT2D eigenvalue weighted by Gasteiger charge is -2.29. The van der Waals surface area contributed by atoms with Gasteiger partial charge in [-0.05, 0) is 25.7 Å². The molecule has 0 unspecified atom stereocenters. The molecule has 0 N–H and O–H groups in total. The molecule has 0 bridgehead atoms. The fourth-order valence-corrected chi connectivity index (χ4v) is 2.86. The molecule has 120 valence electrons. The van der Waals surface area contributed by atoms with Crippen LogP contribution in [-0.4, -0.2) is 32.9 Å². The molecule has 1 aromatic heterocycles. The summed E-state index contributed by atoms with van der Waals surface area (Å²) in [7, 11) is 0. The van der Waals surface area contributed by atoms with Crippen LogP contribution in [0.1, 0.15) is 33.1 Å². The quantitative estimate of drug-likeness (QED) is 0.629. The molecule has 1 amide bonds. The second-order valence-corrected chi connectivity index (χ2v) is 6.04. The van der Waals surface area contributed by atoms with Gasteiger partial charge in [0.1, 0.15) is 6.54 Å². The van der Waals surface area contributed by atoms with E-state index in [4.69, 9.17) is 0 Å². The molecule has 0 saturated carbocycles. The minimum absolute atomic E-state index is 0.131. The highest BCUT2D eigenvalue weighted by Gasteiger charge is 2.25. The van der Waals surface area contributed by atoms with Gasteiger partial charge in [-0.25, -0.2) is 0 Å². The minimum atomic E-state index is -0.572. The average Bonchev–Trinajstić information content (AvgIpc) is 2.62. The third-order valence-corrected chi connectivity index (χ3v) is 4.16. The Morgan fingerprint density at radius 2 is 2.09 bits per heavy atom. The van der Waals surface area contributed by atoms with Crippen molar-refractivity contribution in [3.8, 4) is 0 Å². The number of nitrogens with zero attached hydrogens (tertiary/aromatic N) is 3. The topological polar surface area (TPSA) is 85.4 Å². The van der Waals surface area contributed by atoms with Crippen LogP contribution in [0.4, 0.5) is 5.69 Å². The summed E-state index contributed by atoms with van der Waals surface area (Å²) < 4.78 is 1.11. The first-order chi connectivity index (χ1) is 10.4. The number of likely N-dealkylation sites (tertiary alicyclic amines) is 1. The summed E-state index contributed by atoms with van der Waals surface area (Å²) in [6.45, 7) is 4.63. The van der Waals surface area contributed by atoms with Gasteiger partial charge in [0, 0.05) is 24.7 Å². The zero-order valence-electron chi connectivity index (χ0n) is 12.9. The number of aromatic nitrogens is 1. The van der Waals surface area contributed by atoms with Crippen molar-refractivity contribution in [3.63, 3.8) is 0 Å². The molecule has 0 spiro atoms. The highest BCUT2D eigenvalue weighted by Crippen LogP contribution is 2.21. The summed E-state index contributed by atoms with van der Waals surface area (Å²) in [6.07, 6.45) is 4.25. The first kappa shape index (κ1) is 16.2. The number of carbonyl (C=O) groups excluding carboxylic acids is 1. The van der Waals surface area contributed by atoms with E-state index >= 15 is 0 Å². The lowest BCUT2D eigenvalue weighted by molar-refractivity contribution is -0.385. The number of amides is 1. The van der Waals surface area contributed by atoms with Crippen molar-refractivity contribution in [1.82, 2.24) is 9.47 Å². The monoisotopic (exact) mass is 307 g/mol. The van der Waals surface area contributed by atoms with Gasteiger partial charge in [-0.2, -0.15) is 0 Å². The third-order valence-electron chi connectivity index (χ3n) is 4.16. The van der Waals surface area contributed by atoms with Crippen molar-refractivity contribution in [2.75, 3.05) is 6.54 Å². The Labute approximate surface area is 128 Å². The standard InChI is InChI=1S/C15H21N3O4/c1-11-4-3-5-12(2)17(8-11)15(20)10-16-9-13(18(21)22)6-7-14(16)19/h6-7,9,11-12H,3-5,8,10H2,1-2H3/t11-,12-/m0/s1. The van der Waals surface area contributed by atoms with Gasteiger partial charge in [-0.1, -0.05) is 13.3 Å². The molecule has 1 aromatic rings. The van der Waals surface area contributed by atoms with Gasteiger partial charge in [0.25, 0.3) is 11.2 Å². The number of pyridine rings is 1. The van der Waals surface area contributed by atoms with Crippen LogP contribution in [0.25, 0.3) is 0 Å². The summed E-state index contributed by atoms with van der Waals surface area (Å²) in [6, 6.07) is 2.41. The average molecular weight is 307 g/mol. The maximum atomic E-state index is 12.5. The predicted octanol–water partition coefficient (Wildman–Crippen LogP) is 1.79. The Balaban J connectivity index is 2.18. The zero-order chi connectivity index (χ0) is 16.3. The maximum Gasteiger partial charge on any atom is 0.285 e. The van der Waals surface area contributed by atoms with Crippen LogP contribution in [0.15, 0.2) is 23.1 Å². The lowest BCUT2D eigenvalue weighted by atomic mass is 10.1. The molecular weight excluding hydrogens is 286 g/mol. The first-order valence-corrected chi connectivity index (χ1v) is 7.53. The van der Waals surface area contributed by atoms with E-state index in [-0.39, 0.29) is 24.2 Å². The molecule has 1 aliphatic rings. The van der Waals surface area contributed by atoms with Crippen molar-refractivity contribution in [3.05, 3.63) is 38.8 Å². The van der Waals surface area contributed by atoms with Crippen LogP contribution in [0.5, 0.6) is 0 Å². The van der Waals surface area contributed by atoms with Gasteiger partial charge in [0.15, 0.2) is 0 Å². The first-order valence-electron chi connectivity index (χ1n) is 7.53. The lowest BCUT2D eigenvalue weighted by Crippen LogP contribution is -2.42. The SMILES string of the molecule is C[C@H]1CCC[C@H](C)N(C(=O)Cn2cc([N+](=O)[O-])ccc2=O)C1. The molecule has 0 aliphatic carbocycles. The highest BCUT2D eigenvalue weighted by molar-refractivity contribution is 5.76. The zero-order valence-corrected chi connectivity index (χ0v) is 12.9. The maximum absolute atomic E-state index is 12.5. The van der Waals surface area contributed by atoms with E-state index in [0.717, 1.165) is 42.2 Å². The summed E-state index contributed by atoms with van der Waals surface area (Å²) >= 11 is 0. The van der Waals surface area contributed by atoms with Gasteiger partial charge >= 0.3 is 0 Å². The van der Waals surface area contributed by atoms with Crippen molar-refractivity contribution >= 4 is 11.6 Å². The van der Waals surface area contributed by atoms with Crippen LogP contribution in [0.3, 0.4) is 0 Å².